The first-order chi connectivity index (χ1) is 14.6. The highest BCUT2D eigenvalue weighted by atomic mass is 35.5. The monoisotopic (exact) mass is 453 g/mol. The number of phenols is 1. The third-order valence-electron chi connectivity index (χ3n) is 4.63. The van der Waals surface area contributed by atoms with Gasteiger partial charge in [0.25, 0.3) is 0 Å². The highest BCUT2D eigenvalue weighted by Crippen LogP contribution is 2.30. The van der Waals surface area contributed by atoms with Crippen molar-refractivity contribution in [3.05, 3.63) is 27.7 Å². The number of morpholine rings is 2. The van der Waals surface area contributed by atoms with E-state index in [0.29, 0.717) is 75.1 Å². The van der Waals surface area contributed by atoms with Gasteiger partial charge >= 0.3 is 0 Å². The minimum Gasteiger partial charge on any atom is -0.506 e. The lowest BCUT2D eigenvalue weighted by molar-refractivity contribution is 0.121. The van der Waals surface area contributed by atoms with Crippen LogP contribution < -0.4 is 15.2 Å². The van der Waals surface area contributed by atoms with Gasteiger partial charge in [-0.3, -0.25) is 0 Å². The van der Waals surface area contributed by atoms with Gasteiger partial charge in [0.05, 0.1) is 37.7 Å². The first kappa shape index (κ1) is 20.9. The van der Waals surface area contributed by atoms with Crippen LogP contribution in [-0.2, 0) is 9.47 Å². The van der Waals surface area contributed by atoms with Crippen molar-refractivity contribution in [2.75, 3.05) is 67.8 Å². The quantitative estimate of drug-likeness (QED) is 0.518. The molecule has 1 aromatic heterocycles. The van der Waals surface area contributed by atoms with Gasteiger partial charge in [-0.05, 0) is 12.1 Å². The maximum atomic E-state index is 10.1. The summed E-state index contributed by atoms with van der Waals surface area (Å²) in [5.41, 5.74) is 3.18. The fourth-order valence-corrected chi connectivity index (χ4v) is 3.57. The third kappa shape index (κ3) is 5.01. The van der Waals surface area contributed by atoms with Crippen molar-refractivity contribution < 1.29 is 14.6 Å². The number of nitrogens with zero attached hydrogens (tertiary/aromatic N) is 6. The Labute approximate surface area is 183 Å². The largest absolute Gasteiger partial charge is 0.506 e. The Balaban J connectivity index is 1.58. The van der Waals surface area contributed by atoms with E-state index in [1.54, 1.807) is 6.07 Å². The lowest BCUT2D eigenvalue weighted by Gasteiger charge is -2.30. The molecular weight excluding hydrogens is 433 g/mol. The van der Waals surface area contributed by atoms with Crippen molar-refractivity contribution in [3.8, 4) is 5.75 Å². The molecule has 2 aliphatic heterocycles. The Kier molecular flexibility index (Phi) is 6.68. The Hall–Kier alpha value is -2.40. The van der Waals surface area contributed by atoms with Gasteiger partial charge in [0.15, 0.2) is 0 Å². The van der Waals surface area contributed by atoms with Crippen LogP contribution in [0.3, 0.4) is 0 Å². The van der Waals surface area contributed by atoms with E-state index in [9.17, 15) is 5.11 Å². The van der Waals surface area contributed by atoms with Crippen LogP contribution in [0.4, 0.5) is 17.8 Å². The van der Waals surface area contributed by atoms with Crippen LogP contribution in [0.25, 0.3) is 0 Å². The summed E-state index contributed by atoms with van der Waals surface area (Å²) in [5.74, 6) is 1.30. The first-order valence-electron chi connectivity index (χ1n) is 9.49. The molecule has 2 fully saturated rings. The van der Waals surface area contributed by atoms with E-state index in [-0.39, 0.29) is 16.7 Å². The molecule has 0 spiro atoms. The molecule has 1 aromatic carbocycles. The predicted molar refractivity (Wildman–Crippen MR) is 115 cm³/mol. The minimum atomic E-state index is -0.106. The van der Waals surface area contributed by atoms with E-state index in [4.69, 9.17) is 32.7 Å². The number of phenolic OH excluding ortho intramolecular Hbond substituents is 1. The molecular formula is C18H21Cl2N7O3. The second-order valence-electron chi connectivity index (χ2n) is 6.65. The van der Waals surface area contributed by atoms with E-state index < -0.39 is 0 Å². The summed E-state index contributed by atoms with van der Waals surface area (Å²) < 4.78 is 10.8. The van der Waals surface area contributed by atoms with Crippen LogP contribution in [0.5, 0.6) is 5.75 Å². The average Bonchev–Trinajstić information content (AvgIpc) is 2.78. The Morgan fingerprint density at radius 3 is 2.07 bits per heavy atom. The van der Waals surface area contributed by atoms with Crippen molar-refractivity contribution in [2.45, 2.75) is 0 Å². The molecule has 0 radical (unpaired) electrons. The molecule has 4 rings (SSSR count). The van der Waals surface area contributed by atoms with Crippen LogP contribution in [0.1, 0.15) is 5.56 Å². The summed E-state index contributed by atoms with van der Waals surface area (Å²) in [6.07, 6.45) is 1.40. The summed E-state index contributed by atoms with van der Waals surface area (Å²) in [6.45, 7) is 5.27. The summed E-state index contributed by atoms with van der Waals surface area (Å²) in [4.78, 5) is 17.7. The lowest BCUT2D eigenvalue weighted by atomic mass is 10.2. The summed E-state index contributed by atoms with van der Waals surface area (Å²) in [7, 11) is 0. The van der Waals surface area contributed by atoms with Crippen LogP contribution in [0.2, 0.25) is 10.0 Å². The molecule has 2 aromatic rings. The molecule has 2 saturated heterocycles. The van der Waals surface area contributed by atoms with Crippen LogP contribution >= 0.6 is 23.2 Å². The van der Waals surface area contributed by atoms with Gasteiger partial charge in [0.1, 0.15) is 5.75 Å². The normalized spacial score (nSPS) is 17.5. The average molecular weight is 454 g/mol. The first-order valence-corrected chi connectivity index (χ1v) is 10.2. The van der Waals surface area contributed by atoms with E-state index in [2.05, 4.69) is 25.5 Å². The summed E-state index contributed by atoms with van der Waals surface area (Å²) >= 11 is 11.9. The molecule has 0 saturated carbocycles. The highest BCUT2D eigenvalue weighted by molar-refractivity contribution is 6.36. The Bertz CT molecular complexity index is 883. The molecule has 10 nitrogen and oxygen atoms in total. The second kappa shape index (κ2) is 9.61. The third-order valence-corrected chi connectivity index (χ3v) is 5.13. The van der Waals surface area contributed by atoms with Gasteiger partial charge in [0.2, 0.25) is 17.8 Å². The topological polar surface area (TPSA) is 108 Å². The maximum absolute atomic E-state index is 10.1. The molecule has 2 N–H and O–H groups in total. The Morgan fingerprint density at radius 2 is 1.50 bits per heavy atom. The van der Waals surface area contributed by atoms with Crippen LogP contribution in [-0.4, -0.2) is 78.9 Å². The number of hydrogen-bond donors (Lipinski definition) is 2. The van der Waals surface area contributed by atoms with Gasteiger partial charge in [-0.1, -0.05) is 23.2 Å². The Morgan fingerprint density at radius 1 is 0.933 bits per heavy atom. The number of benzene rings is 1. The second-order valence-corrected chi connectivity index (χ2v) is 7.50. The standard InChI is InChI=1S/C18H21Cl2N7O3/c19-13-9-12(15(28)14(20)10-13)11-21-25-16-22-17(26-1-5-29-6-2-26)24-18(23-16)27-3-7-30-8-4-27/h9-11,28H,1-8H2,(H,22,23,24,25)/b21-11-. The highest BCUT2D eigenvalue weighted by Gasteiger charge is 2.20. The van der Waals surface area contributed by atoms with Crippen molar-refractivity contribution in [2.24, 2.45) is 5.10 Å². The lowest BCUT2D eigenvalue weighted by Crippen LogP contribution is -2.40. The van der Waals surface area contributed by atoms with Crippen molar-refractivity contribution in [3.63, 3.8) is 0 Å². The zero-order valence-electron chi connectivity index (χ0n) is 16.1. The maximum Gasteiger partial charge on any atom is 0.250 e. The van der Waals surface area contributed by atoms with E-state index >= 15 is 0 Å². The summed E-state index contributed by atoms with van der Waals surface area (Å²) in [5, 5.41) is 14.7. The van der Waals surface area contributed by atoms with Crippen LogP contribution in [0, 0.1) is 0 Å². The number of halogens is 2. The number of aromatic hydroxyl groups is 1. The van der Waals surface area contributed by atoms with Gasteiger partial charge in [-0.25, -0.2) is 5.43 Å². The number of rotatable bonds is 5. The molecule has 3 heterocycles. The van der Waals surface area contributed by atoms with Crippen molar-refractivity contribution >= 4 is 47.3 Å². The molecule has 0 bridgehead atoms. The molecule has 12 heteroatoms. The fourth-order valence-electron chi connectivity index (χ4n) is 3.06. The number of hydrogen-bond acceptors (Lipinski definition) is 10. The molecule has 0 atom stereocenters. The van der Waals surface area contributed by atoms with Gasteiger partial charge < -0.3 is 24.4 Å². The number of hydrazone groups is 1. The van der Waals surface area contributed by atoms with Crippen molar-refractivity contribution in [1.29, 1.82) is 0 Å². The van der Waals surface area contributed by atoms with Gasteiger partial charge in [-0.15, -0.1) is 0 Å². The van der Waals surface area contributed by atoms with Gasteiger partial charge in [-0.2, -0.15) is 20.1 Å². The van der Waals surface area contributed by atoms with E-state index in [1.807, 2.05) is 9.80 Å². The minimum absolute atomic E-state index is 0.106. The zero-order valence-corrected chi connectivity index (χ0v) is 17.6. The number of nitrogens with one attached hydrogen (secondary N) is 1. The van der Waals surface area contributed by atoms with E-state index in [0.717, 1.165) is 0 Å². The zero-order chi connectivity index (χ0) is 20.9. The smallest absolute Gasteiger partial charge is 0.250 e. The predicted octanol–water partition coefficient (Wildman–Crippen LogP) is 2.00. The van der Waals surface area contributed by atoms with Crippen LogP contribution in [0.15, 0.2) is 17.2 Å². The molecule has 2 aliphatic rings. The molecule has 160 valence electrons. The number of anilines is 3. The van der Waals surface area contributed by atoms with Crippen molar-refractivity contribution in [1.82, 2.24) is 15.0 Å². The molecule has 30 heavy (non-hydrogen) atoms. The molecule has 0 amide bonds. The number of aromatic nitrogens is 3. The summed E-state index contributed by atoms with van der Waals surface area (Å²) in [6, 6.07) is 3.01. The fraction of sp³-hybridized carbons (Fsp3) is 0.444. The molecule has 0 unspecified atom stereocenters. The van der Waals surface area contributed by atoms with Gasteiger partial charge in [0, 0.05) is 36.8 Å². The molecule has 0 aliphatic carbocycles. The number of ether oxygens (including phenoxy) is 2. The van der Waals surface area contributed by atoms with E-state index in [1.165, 1.54) is 12.3 Å². The SMILES string of the molecule is Oc1c(Cl)cc(Cl)cc1/C=N\Nc1nc(N2CCOCC2)nc(N2CCOCC2)n1.